The van der Waals surface area contributed by atoms with Crippen LogP contribution in [0.25, 0.3) is 0 Å². The molecule has 0 fully saturated rings. The maximum absolute atomic E-state index is 6.16. The molecule has 2 N–H and O–H groups in total. The second-order valence-electron chi connectivity index (χ2n) is 4.03. The van der Waals surface area contributed by atoms with Crippen molar-refractivity contribution in [2.45, 2.75) is 10.9 Å². The SMILES string of the molecule is COc1cncc(C(N)CSc2cccc(Cl)c2)c1. The van der Waals surface area contributed by atoms with Gasteiger partial charge in [-0.1, -0.05) is 17.7 Å². The normalized spacial score (nSPS) is 12.2. The number of nitrogens with two attached hydrogens (primary N) is 1. The van der Waals surface area contributed by atoms with Gasteiger partial charge in [0.05, 0.1) is 13.3 Å². The Morgan fingerprint density at radius 3 is 2.95 bits per heavy atom. The van der Waals surface area contributed by atoms with Crippen LogP contribution in [0, 0.1) is 0 Å². The lowest BCUT2D eigenvalue weighted by Crippen LogP contribution is -2.13. The number of ether oxygens (including phenoxy) is 1. The molecule has 0 aliphatic carbocycles. The number of hydrogen-bond donors (Lipinski definition) is 1. The molecule has 5 heteroatoms. The first-order valence-electron chi connectivity index (χ1n) is 5.82. The average Bonchev–Trinajstić information content (AvgIpc) is 2.45. The summed E-state index contributed by atoms with van der Waals surface area (Å²) in [7, 11) is 1.62. The fourth-order valence-corrected chi connectivity index (χ4v) is 2.79. The van der Waals surface area contributed by atoms with Crippen LogP contribution in [0.3, 0.4) is 0 Å². The Hall–Kier alpha value is -1.23. The number of methoxy groups -OCH3 is 1. The topological polar surface area (TPSA) is 48.1 Å². The van der Waals surface area contributed by atoms with E-state index in [9.17, 15) is 0 Å². The number of thioether (sulfide) groups is 1. The van der Waals surface area contributed by atoms with Crippen molar-refractivity contribution in [3.63, 3.8) is 0 Å². The number of pyridine rings is 1. The molecule has 1 aromatic carbocycles. The number of hydrogen-bond acceptors (Lipinski definition) is 4. The minimum atomic E-state index is -0.0911. The molecule has 0 bridgehead atoms. The van der Waals surface area contributed by atoms with E-state index >= 15 is 0 Å². The smallest absolute Gasteiger partial charge is 0.137 e. The van der Waals surface area contributed by atoms with Crippen LogP contribution in [0.5, 0.6) is 5.75 Å². The van der Waals surface area contributed by atoms with Gasteiger partial charge in [0.1, 0.15) is 5.75 Å². The summed E-state index contributed by atoms with van der Waals surface area (Å²) < 4.78 is 5.14. The summed E-state index contributed by atoms with van der Waals surface area (Å²) in [5.74, 6) is 1.48. The van der Waals surface area contributed by atoms with Crippen LogP contribution in [0.1, 0.15) is 11.6 Å². The molecule has 19 heavy (non-hydrogen) atoms. The third kappa shape index (κ3) is 4.13. The Bertz CT molecular complexity index is 550. The number of rotatable bonds is 5. The third-order valence-corrected chi connectivity index (χ3v) is 3.97. The van der Waals surface area contributed by atoms with Crippen LogP contribution in [0.15, 0.2) is 47.6 Å². The van der Waals surface area contributed by atoms with Crippen LogP contribution in [0.4, 0.5) is 0 Å². The predicted molar refractivity (Wildman–Crippen MR) is 79.9 cm³/mol. The van der Waals surface area contributed by atoms with Gasteiger partial charge in [0.2, 0.25) is 0 Å². The molecule has 2 aromatic rings. The van der Waals surface area contributed by atoms with Gasteiger partial charge in [-0.2, -0.15) is 0 Å². The molecular weight excluding hydrogens is 280 g/mol. The summed E-state index contributed by atoms with van der Waals surface area (Å²) in [5, 5.41) is 0.738. The van der Waals surface area contributed by atoms with E-state index in [-0.39, 0.29) is 6.04 Å². The van der Waals surface area contributed by atoms with Crippen molar-refractivity contribution < 1.29 is 4.74 Å². The summed E-state index contributed by atoms with van der Waals surface area (Å²) in [6.45, 7) is 0. The minimum Gasteiger partial charge on any atom is -0.495 e. The van der Waals surface area contributed by atoms with E-state index in [0.717, 1.165) is 27.0 Å². The summed E-state index contributed by atoms with van der Waals surface area (Å²) in [6.07, 6.45) is 3.44. The molecule has 0 spiro atoms. The van der Waals surface area contributed by atoms with E-state index in [1.165, 1.54) is 0 Å². The van der Waals surface area contributed by atoms with E-state index in [4.69, 9.17) is 22.1 Å². The highest BCUT2D eigenvalue weighted by atomic mass is 35.5. The maximum atomic E-state index is 6.16. The lowest BCUT2D eigenvalue weighted by atomic mass is 10.1. The standard InChI is InChI=1S/C14H15ClN2OS/c1-18-12-5-10(7-17-8-12)14(16)9-19-13-4-2-3-11(15)6-13/h2-8,14H,9,16H2,1H3. The van der Waals surface area contributed by atoms with Crippen molar-refractivity contribution in [1.82, 2.24) is 4.98 Å². The molecule has 3 nitrogen and oxygen atoms in total. The molecular formula is C14H15ClN2OS. The molecule has 0 radical (unpaired) electrons. The van der Waals surface area contributed by atoms with Crippen LogP contribution >= 0.6 is 23.4 Å². The quantitative estimate of drug-likeness (QED) is 0.857. The summed E-state index contributed by atoms with van der Waals surface area (Å²) in [6, 6.07) is 9.57. The molecule has 0 aliphatic heterocycles. The highest BCUT2D eigenvalue weighted by molar-refractivity contribution is 7.99. The van der Waals surface area contributed by atoms with Crippen molar-refractivity contribution in [1.29, 1.82) is 0 Å². The molecule has 1 heterocycles. The Balaban J connectivity index is 1.99. The molecule has 1 unspecified atom stereocenters. The fraction of sp³-hybridized carbons (Fsp3) is 0.214. The van der Waals surface area contributed by atoms with E-state index in [0.29, 0.717) is 0 Å². The Morgan fingerprint density at radius 1 is 1.37 bits per heavy atom. The number of halogens is 1. The van der Waals surface area contributed by atoms with Crippen molar-refractivity contribution >= 4 is 23.4 Å². The molecule has 1 aromatic heterocycles. The Kier molecular flexibility index (Phi) is 5.07. The molecule has 0 amide bonds. The van der Waals surface area contributed by atoms with Crippen molar-refractivity contribution in [3.8, 4) is 5.75 Å². The zero-order valence-corrected chi connectivity index (χ0v) is 12.1. The maximum Gasteiger partial charge on any atom is 0.137 e. The molecule has 1 atom stereocenters. The Morgan fingerprint density at radius 2 is 2.21 bits per heavy atom. The van der Waals surface area contributed by atoms with Gasteiger partial charge in [0, 0.05) is 27.9 Å². The van der Waals surface area contributed by atoms with Gasteiger partial charge in [-0.3, -0.25) is 4.98 Å². The van der Waals surface area contributed by atoms with Gasteiger partial charge in [-0.05, 0) is 29.8 Å². The fourth-order valence-electron chi connectivity index (χ4n) is 1.59. The zero-order valence-electron chi connectivity index (χ0n) is 10.5. The second kappa shape index (κ2) is 6.80. The molecule has 0 saturated carbocycles. The largest absolute Gasteiger partial charge is 0.495 e. The average molecular weight is 295 g/mol. The summed E-state index contributed by atoms with van der Waals surface area (Å²) >= 11 is 7.62. The first-order valence-corrected chi connectivity index (χ1v) is 7.18. The van der Waals surface area contributed by atoms with Crippen LogP contribution in [-0.2, 0) is 0 Å². The van der Waals surface area contributed by atoms with E-state index in [1.807, 2.05) is 30.3 Å². The van der Waals surface area contributed by atoms with E-state index in [2.05, 4.69) is 4.98 Å². The van der Waals surface area contributed by atoms with Crippen molar-refractivity contribution in [3.05, 3.63) is 53.3 Å². The van der Waals surface area contributed by atoms with Gasteiger partial charge in [0.15, 0.2) is 0 Å². The third-order valence-electron chi connectivity index (χ3n) is 2.62. The van der Waals surface area contributed by atoms with Gasteiger partial charge in [-0.15, -0.1) is 11.8 Å². The number of benzene rings is 1. The summed E-state index contributed by atoms with van der Waals surface area (Å²) in [5.41, 5.74) is 7.12. The first-order chi connectivity index (χ1) is 9.19. The van der Waals surface area contributed by atoms with Crippen LogP contribution in [-0.4, -0.2) is 17.8 Å². The highest BCUT2D eigenvalue weighted by Gasteiger charge is 2.08. The lowest BCUT2D eigenvalue weighted by Gasteiger charge is -2.12. The number of nitrogens with zero attached hydrogens (tertiary/aromatic N) is 1. The first kappa shape index (κ1) is 14.2. The predicted octanol–water partition coefficient (Wildman–Crippen LogP) is 3.54. The monoisotopic (exact) mass is 294 g/mol. The summed E-state index contributed by atoms with van der Waals surface area (Å²) in [4.78, 5) is 5.22. The van der Waals surface area contributed by atoms with E-state index < -0.39 is 0 Å². The van der Waals surface area contributed by atoms with E-state index in [1.54, 1.807) is 31.3 Å². The van der Waals surface area contributed by atoms with Gasteiger partial charge < -0.3 is 10.5 Å². The minimum absolute atomic E-state index is 0.0911. The molecule has 0 aliphatic rings. The highest BCUT2D eigenvalue weighted by Crippen LogP contribution is 2.26. The second-order valence-corrected chi connectivity index (χ2v) is 5.56. The van der Waals surface area contributed by atoms with Crippen LogP contribution < -0.4 is 10.5 Å². The molecule has 0 saturated heterocycles. The van der Waals surface area contributed by atoms with Gasteiger partial charge in [-0.25, -0.2) is 0 Å². The van der Waals surface area contributed by atoms with Crippen molar-refractivity contribution in [2.24, 2.45) is 5.73 Å². The lowest BCUT2D eigenvalue weighted by molar-refractivity contribution is 0.412. The number of aromatic nitrogens is 1. The van der Waals surface area contributed by atoms with Gasteiger partial charge >= 0.3 is 0 Å². The Labute approximate surface area is 122 Å². The zero-order chi connectivity index (χ0) is 13.7. The van der Waals surface area contributed by atoms with Crippen LogP contribution in [0.2, 0.25) is 5.02 Å². The molecule has 2 rings (SSSR count). The van der Waals surface area contributed by atoms with Crippen molar-refractivity contribution in [2.75, 3.05) is 12.9 Å². The van der Waals surface area contributed by atoms with Gasteiger partial charge in [0.25, 0.3) is 0 Å². The molecule has 100 valence electrons.